The van der Waals surface area contributed by atoms with Crippen LogP contribution in [0.1, 0.15) is 26.7 Å². The molecule has 1 aliphatic heterocycles. The Morgan fingerprint density at radius 1 is 1.31 bits per heavy atom. The minimum atomic E-state index is -2.38. The summed E-state index contributed by atoms with van der Waals surface area (Å²) in [7, 11) is 0. The highest BCUT2D eigenvalue weighted by Crippen LogP contribution is 2.48. The number of hydrogen-bond acceptors (Lipinski definition) is 1. The van der Waals surface area contributed by atoms with Crippen molar-refractivity contribution in [3.8, 4) is 0 Å². The average Bonchev–Trinajstić information content (AvgIpc) is 2.53. The van der Waals surface area contributed by atoms with Crippen LogP contribution in [0.15, 0.2) is 0 Å². The van der Waals surface area contributed by atoms with Crippen LogP contribution in [0.4, 0.5) is 8.78 Å². The van der Waals surface area contributed by atoms with E-state index in [-0.39, 0.29) is 18.3 Å². The smallest absolute Gasteiger partial charge is 0.252 e. The molecule has 1 saturated heterocycles. The van der Waals surface area contributed by atoms with E-state index in [4.69, 9.17) is 0 Å². The van der Waals surface area contributed by atoms with Crippen LogP contribution in [0.3, 0.4) is 0 Å². The van der Waals surface area contributed by atoms with Gasteiger partial charge in [0, 0.05) is 31.5 Å². The molecule has 2 atom stereocenters. The lowest BCUT2D eigenvalue weighted by atomic mass is 9.99. The zero-order valence-electron chi connectivity index (χ0n) is 8.26. The lowest BCUT2D eigenvalue weighted by Crippen LogP contribution is -2.32. The zero-order chi connectivity index (χ0) is 9.64. The predicted octanol–water partition coefficient (Wildman–Crippen LogP) is 2.37. The van der Waals surface area contributed by atoms with Gasteiger partial charge in [-0.15, -0.1) is 0 Å². The van der Waals surface area contributed by atoms with E-state index in [0.29, 0.717) is 12.6 Å². The third kappa shape index (κ3) is 1.47. The van der Waals surface area contributed by atoms with Crippen LogP contribution in [-0.2, 0) is 0 Å². The van der Waals surface area contributed by atoms with Gasteiger partial charge in [-0.05, 0) is 26.2 Å². The summed E-state index contributed by atoms with van der Waals surface area (Å²) in [5.74, 6) is -2.47. The Morgan fingerprint density at radius 2 is 2.00 bits per heavy atom. The van der Waals surface area contributed by atoms with Crippen molar-refractivity contribution in [1.82, 2.24) is 4.90 Å². The van der Waals surface area contributed by atoms with E-state index in [1.54, 1.807) is 0 Å². The molecule has 2 aliphatic rings. The van der Waals surface area contributed by atoms with E-state index in [1.807, 2.05) is 0 Å². The fourth-order valence-corrected chi connectivity index (χ4v) is 2.66. The van der Waals surface area contributed by atoms with Gasteiger partial charge in [0.15, 0.2) is 0 Å². The van der Waals surface area contributed by atoms with Gasteiger partial charge >= 0.3 is 0 Å². The van der Waals surface area contributed by atoms with Crippen LogP contribution in [-0.4, -0.2) is 30.0 Å². The first-order valence-electron chi connectivity index (χ1n) is 5.12. The lowest BCUT2D eigenvalue weighted by molar-refractivity contribution is -0.0406. The maximum Gasteiger partial charge on any atom is 0.252 e. The number of nitrogens with zero attached hydrogens (tertiary/aromatic N) is 1. The molecule has 0 radical (unpaired) electrons. The number of fused-ring (bicyclic) bond motifs is 1. The molecule has 0 spiro atoms. The van der Waals surface area contributed by atoms with Crippen molar-refractivity contribution in [2.45, 2.75) is 38.7 Å². The molecular weight excluding hydrogens is 172 g/mol. The fourth-order valence-electron chi connectivity index (χ4n) is 2.66. The van der Waals surface area contributed by atoms with Crippen LogP contribution in [0.25, 0.3) is 0 Å². The monoisotopic (exact) mass is 189 g/mol. The maximum absolute atomic E-state index is 13.3. The molecule has 76 valence electrons. The van der Waals surface area contributed by atoms with Crippen LogP contribution >= 0.6 is 0 Å². The number of alkyl halides is 2. The second kappa shape index (κ2) is 2.91. The van der Waals surface area contributed by atoms with Gasteiger partial charge < -0.3 is 4.90 Å². The van der Waals surface area contributed by atoms with E-state index in [2.05, 4.69) is 18.7 Å². The second-order valence-electron chi connectivity index (χ2n) is 4.71. The summed E-state index contributed by atoms with van der Waals surface area (Å²) in [5, 5.41) is 0. The van der Waals surface area contributed by atoms with Crippen LogP contribution in [0.2, 0.25) is 0 Å². The maximum atomic E-state index is 13.3. The molecule has 0 N–H and O–H groups in total. The molecular formula is C10H17F2N. The Bertz CT molecular complexity index is 203. The second-order valence-corrected chi connectivity index (χ2v) is 4.71. The van der Waals surface area contributed by atoms with E-state index < -0.39 is 5.92 Å². The summed E-state index contributed by atoms with van der Waals surface area (Å²) >= 11 is 0. The molecule has 0 aromatic heterocycles. The van der Waals surface area contributed by atoms with Gasteiger partial charge in [0.25, 0.3) is 5.92 Å². The lowest BCUT2D eigenvalue weighted by Gasteiger charge is -2.23. The van der Waals surface area contributed by atoms with E-state index in [1.165, 1.54) is 0 Å². The van der Waals surface area contributed by atoms with E-state index in [0.717, 1.165) is 13.0 Å². The van der Waals surface area contributed by atoms with Gasteiger partial charge in [0.2, 0.25) is 0 Å². The Hall–Kier alpha value is -0.180. The molecule has 1 aliphatic carbocycles. The van der Waals surface area contributed by atoms with Crippen molar-refractivity contribution in [2.75, 3.05) is 13.1 Å². The average molecular weight is 189 g/mol. The summed E-state index contributed by atoms with van der Waals surface area (Å²) in [6, 6.07) is 0.418. The first-order chi connectivity index (χ1) is 6.00. The minimum Gasteiger partial charge on any atom is -0.300 e. The summed E-state index contributed by atoms with van der Waals surface area (Å²) in [4.78, 5) is 2.18. The fraction of sp³-hybridized carbons (Fsp3) is 1.00. The molecule has 0 aromatic rings. The summed E-state index contributed by atoms with van der Waals surface area (Å²) in [5.41, 5.74) is 0. The highest BCUT2D eigenvalue weighted by molar-refractivity contribution is 4.98. The summed E-state index contributed by atoms with van der Waals surface area (Å²) < 4.78 is 26.6. The molecule has 2 fully saturated rings. The SMILES string of the molecule is CC(C)N1C[C@H]2CCC(F)(F)[C@H]2C1. The van der Waals surface area contributed by atoms with E-state index in [9.17, 15) is 8.78 Å². The van der Waals surface area contributed by atoms with Gasteiger partial charge in [-0.25, -0.2) is 8.78 Å². The third-order valence-electron chi connectivity index (χ3n) is 3.59. The largest absolute Gasteiger partial charge is 0.300 e. The molecule has 1 nitrogen and oxygen atoms in total. The predicted molar refractivity (Wildman–Crippen MR) is 47.9 cm³/mol. The minimum absolute atomic E-state index is 0.119. The molecule has 0 bridgehead atoms. The first-order valence-corrected chi connectivity index (χ1v) is 5.12. The molecule has 2 rings (SSSR count). The first kappa shape index (κ1) is 9.38. The van der Waals surface area contributed by atoms with Crippen molar-refractivity contribution in [3.05, 3.63) is 0 Å². The highest BCUT2D eigenvalue weighted by Gasteiger charge is 2.53. The van der Waals surface area contributed by atoms with Gasteiger partial charge in [0.1, 0.15) is 0 Å². The molecule has 0 amide bonds. The quantitative estimate of drug-likeness (QED) is 0.612. The van der Waals surface area contributed by atoms with Crippen molar-refractivity contribution in [3.63, 3.8) is 0 Å². The normalized spacial score (nSPS) is 38.5. The Morgan fingerprint density at radius 3 is 2.54 bits per heavy atom. The van der Waals surface area contributed by atoms with Crippen LogP contribution in [0, 0.1) is 11.8 Å². The van der Waals surface area contributed by atoms with Crippen molar-refractivity contribution < 1.29 is 8.78 Å². The van der Waals surface area contributed by atoms with Crippen LogP contribution < -0.4 is 0 Å². The summed E-state index contributed by atoms with van der Waals surface area (Å²) in [6.07, 6.45) is 0.842. The molecule has 1 saturated carbocycles. The van der Waals surface area contributed by atoms with Gasteiger partial charge in [-0.1, -0.05) is 0 Å². The van der Waals surface area contributed by atoms with Crippen LogP contribution in [0.5, 0.6) is 0 Å². The highest BCUT2D eigenvalue weighted by atomic mass is 19.3. The topological polar surface area (TPSA) is 3.24 Å². The molecule has 0 aromatic carbocycles. The molecule has 3 heteroatoms. The molecule has 0 unspecified atom stereocenters. The number of likely N-dealkylation sites (tertiary alicyclic amines) is 1. The summed E-state index contributed by atoms with van der Waals surface area (Å²) in [6.45, 7) is 5.66. The zero-order valence-corrected chi connectivity index (χ0v) is 8.26. The van der Waals surface area contributed by atoms with Gasteiger partial charge in [0.05, 0.1) is 0 Å². The number of hydrogen-bond donors (Lipinski definition) is 0. The van der Waals surface area contributed by atoms with Gasteiger partial charge in [-0.3, -0.25) is 0 Å². The van der Waals surface area contributed by atoms with Crippen molar-refractivity contribution in [2.24, 2.45) is 11.8 Å². The molecule has 13 heavy (non-hydrogen) atoms. The Balaban J connectivity index is 2.06. The number of rotatable bonds is 1. The van der Waals surface area contributed by atoms with E-state index >= 15 is 0 Å². The van der Waals surface area contributed by atoms with Gasteiger partial charge in [-0.2, -0.15) is 0 Å². The van der Waals surface area contributed by atoms with Crippen molar-refractivity contribution in [1.29, 1.82) is 0 Å². The van der Waals surface area contributed by atoms with Crippen molar-refractivity contribution >= 4 is 0 Å². The standard InChI is InChI=1S/C10H17F2N/c1-7(2)13-5-8-3-4-10(11,12)9(8)6-13/h7-9H,3-6H2,1-2H3/t8-,9+/m1/s1. The molecule has 1 heterocycles. The third-order valence-corrected chi connectivity index (χ3v) is 3.59. The Labute approximate surface area is 78.1 Å². The Kier molecular flexibility index (Phi) is 2.10. The number of halogens is 2.